The summed E-state index contributed by atoms with van der Waals surface area (Å²) in [6.45, 7) is 1.83. The second-order valence-corrected chi connectivity index (χ2v) is 4.50. The molecule has 0 atom stereocenters. The first-order valence-corrected chi connectivity index (χ1v) is 6.39. The third kappa shape index (κ3) is 2.55. The molecule has 0 aromatic heterocycles. The smallest absolute Gasteiger partial charge is 0.170 e. The molecular formula is C16H13F4. The van der Waals surface area contributed by atoms with Crippen molar-refractivity contribution in [1.82, 2.24) is 0 Å². The van der Waals surface area contributed by atoms with Gasteiger partial charge in [0.15, 0.2) is 23.3 Å². The van der Waals surface area contributed by atoms with Gasteiger partial charge in [0.05, 0.1) is 5.56 Å². The molecule has 0 aliphatic heterocycles. The van der Waals surface area contributed by atoms with Gasteiger partial charge in [0.1, 0.15) is 0 Å². The number of hydrogen-bond acceptors (Lipinski definition) is 0. The average Bonchev–Trinajstić information content (AvgIpc) is 2.47. The van der Waals surface area contributed by atoms with Crippen LogP contribution in [0.25, 0.3) is 11.1 Å². The highest BCUT2D eigenvalue weighted by atomic mass is 19.2. The van der Waals surface area contributed by atoms with Crippen molar-refractivity contribution in [3.05, 3.63) is 59.2 Å². The lowest BCUT2D eigenvalue weighted by molar-refractivity contribution is 0.441. The van der Waals surface area contributed by atoms with Gasteiger partial charge < -0.3 is 0 Å². The second kappa shape index (κ2) is 6.07. The van der Waals surface area contributed by atoms with Crippen LogP contribution in [0.3, 0.4) is 0 Å². The maximum absolute atomic E-state index is 14.0. The first-order chi connectivity index (χ1) is 9.57. The zero-order valence-electron chi connectivity index (χ0n) is 10.9. The van der Waals surface area contributed by atoms with Crippen LogP contribution in [0.1, 0.15) is 25.3 Å². The van der Waals surface area contributed by atoms with Crippen molar-refractivity contribution in [3.63, 3.8) is 0 Å². The highest BCUT2D eigenvalue weighted by molar-refractivity contribution is 5.65. The molecule has 4 heteroatoms. The van der Waals surface area contributed by atoms with Crippen molar-refractivity contribution in [2.75, 3.05) is 0 Å². The van der Waals surface area contributed by atoms with Gasteiger partial charge in [-0.05, 0) is 24.5 Å². The second-order valence-electron chi connectivity index (χ2n) is 4.50. The maximum Gasteiger partial charge on any atom is 0.170 e. The van der Waals surface area contributed by atoms with E-state index in [1.807, 2.05) is 6.92 Å². The summed E-state index contributed by atoms with van der Waals surface area (Å²) in [6.07, 6.45) is 1.12. The average molecular weight is 281 g/mol. The SMILES string of the molecule is CCCCc1c(F)c(F)c(-c2cc[c]cc2)c(F)c1F. The van der Waals surface area contributed by atoms with Gasteiger partial charge in [-0.1, -0.05) is 37.6 Å². The molecule has 0 saturated heterocycles. The molecule has 0 bridgehead atoms. The van der Waals surface area contributed by atoms with E-state index in [0.717, 1.165) is 0 Å². The summed E-state index contributed by atoms with van der Waals surface area (Å²) < 4.78 is 55.9. The van der Waals surface area contributed by atoms with E-state index >= 15 is 0 Å². The molecule has 0 unspecified atom stereocenters. The Morgan fingerprint density at radius 3 is 1.95 bits per heavy atom. The Balaban J connectivity index is 2.62. The number of hydrogen-bond donors (Lipinski definition) is 0. The fourth-order valence-corrected chi connectivity index (χ4v) is 2.06. The van der Waals surface area contributed by atoms with Crippen LogP contribution in [0.5, 0.6) is 0 Å². The fourth-order valence-electron chi connectivity index (χ4n) is 2.06. The van der Waals surface area contributed by atoms with Crippen LogP contribution in [-0.2, 0) is 6.42 Å². The minimum atomic E-state index is -1.35. The Morgan fingerprint density at radius 2 is 1.45 bits per heavy atom. The van der Waals surface area contributed by atoms with Gasteiger partial charge in [-0.25, -0.2) is 17.6 Å². The highest BCUT2D eigenvalue weighted by Crippen LogP contribution is 2.32. The molecule has 20 heavy (non-hydrogen) atoms. The van der Waals surface area contributed by atoms with Crippen LogP contribution in [-0.4, -0.2) is 0 Å². The molecule has 2 rings (SSSR count). The zero-order chi connectivity index (χ0) is 14.7. The summed E-state index contributed by atoms with van der Waals surface area (Å²) >= 11 is 0. The highest BCUT2D eigenvalue weighted by Gasteiger charge is 2.25. The zero-order valence-corrected chi connectivity index (χ0v) is 10.9. The summed E-state index contributed by atoms with van der Waals surface area (Å²) in [4.78, 5) is 0. The molecule has 0 N–H and O–H groups in total. The Bertz CT molecular complexity index is 577. The van der Waals surface area contributed by atoms with Crippen molar-refractivity contribution in [3.8, 4) is 11.1 Å². The van der Waals surface area contributed by atoms with Gasteiger partial charge in [0, 0.05) is 5.56 Å². The van der Waals surface area contributed by atoms with E-state index in [1.54, 1.807) is 0 Å². The minimum absolute atomic E-state index is 0.0230. The van der Waals surface area contributed by atoms with Gasteiger partial charge in [-0.3, -0.25) is 0 Å². The quantitative estimate of drug-likeness (QED) is 0.543. The van der Waals surface area contributed by atoms with Gasteiger partial charge in [-0.15, -0.1) is 0 Å². The summed E-state index contributed by atoms with van der Waals surface area (Å²) in [7, 11) is 0. The van der Waals surface area contributed by atoms with E-state index in [9.17, 15) is 17.6 Å². The molecule has 2 aromatic carbocycles. The summed E-state index contributed by atoms with van der Waals surface area (Å²) in [5, 5.41) is 0. The topological polar surface area (TPSA) is 0 Å². The Hall–Kier alpha value is -1.84. The Kier molecular flexibility index (Phi) is 4.42. The number of rotatable bonds is 4. The minimum Gasteiger partial charge on any atom is -0.203 e. The largest absolute Gasteiger partial charge is 0.203 e. The molecule has 2 aromatic rings. The molecule has 0 heterocycles. The lowest BCUT2D eigenvalue weighted by atomic mass is 9.98. The van der Waals surface area contributed by atoms with Crippen LogP contribution in [0.15, 0.2) is 24.3 Å². The van der Waals surface area contributed by atoms with Crippen LogP contribution in [0, 0.1) is 29.3 Å². The molecule has 0 nitrogen and oxygen atoms in total. The van der Waals surface area contributed by atoms with Crippen LogP contribution in [0.4, 0.5) is 17.6 Å². The molecule has 0 aliphatic carbocycles. The lowest BCUT2D eigenvalue weighted by Crippen LogP contribution is -2.06. The Labute approximate surface area is 115 Å². The molecule has 0 fully saturated rings. The number of benzene rings is 2. The van der Waals surface area contributed by atoms with E-state index in [0.29, 0.717) is 12.8 Å². The van der Waals surface area contributed by atoms with Crippen molar-refractivity contribution < 1.29 is 17.6 Å². The molecule has 0 saturated carbocycles. The van der Waals surface area contributed by atoms with Crippen molar-refractivity contribution in [1.29, 1.82) is 0 Å². The van der Waals surface area contributed by atoms with E-state index in [4.69, 9.17) is 0 Å². The predicted molar refractivity (Wildman–Crippen MR) is 69.2 cm³/mol. The molecule has 0 amide bonds. The van der Waals surface area contributed by atoms with Gasteiger partial charge in [-0.2, -0.15) is 0 Å². The third-order valence-corrected chi connectivity index (χ3v) is 3.14. The fraction of sp³-hybridized carbons (Fsp3) is 0.250. The lowest BCUT2D eigenvalue weighted by Gasteiger charge is -2.12. The first-order valence-electron chi connectivity index (χ1n) is 6.39. The van der Waals surface area contributed by atoms with Gasteiger partial charge in [0.2, 0.25) is 0 Å². The summed E-state index contributed by atoms with van der Waals surface area (Å²) in [5.41, 5.74) is -1.11. The standard InChI is InChI=1S/C16H13F4/c1-2-3-9-11-13(17)15(19)12(16(20)14(11)18)10-7-5-4-6-8-10/h5-8H,2-3,9H2,1H3. The van der Waals surface area contributed by atoms with Crippen LogP contribution < -0.4 is 0 Å². The van der Waals surface area contributed by atoms with Gasteiger partial charge in [0.25, 0.3) is 0 Å². The van der Waals surface area contributed by atoms with E-state index in [2.05, 4.69) is 6.07 Å². The monoisotopic (exact) mass is 281 g/mol. The van der Waals surface area contributed by atoms with E-state index < -0.39 is 34.4 Å². The number of unbranched alkanes of at least 4 members (excludes halogenated alkanes) is 1. The van der Waals surface area contributed by atoms with E-state index in [1.165, 1.54) is 24.3 Å². The first kappa shape index (κ1) is 14.6. The third-order valence-electron chi connectivity index (χ3n) is 3.14. The van der Waals surface area contributed by atoms with Crippen LogP contribution in [0.2, 0.25) is 0 Å². The summed E-state index contributed by atoms with van der Waals surface area (Å²) in [5.74, 6) is -5.30. The molecular weight excluding hydrogens is 268 g/mol. The van der Waals surface area contributed by atoms with Crippen molar-refractivity contribution >= 4 is 0 Å². The van der Waals surface area contributed by atoms with Crippen molar-refractivity contribution in [2.24, 2.45) is 0 Å². The molecule has 0 aliphatic rings. The molecule has 1 radical (unpaired) electrons. The predicted octanol–water partition coefficient (Wildman–Crippen LogP) is 5.05. The maximum atomic E-state index is 14.0. The van der Waals surface area contributed by atoms with Crippen molar-refractivity contribution in [2.45, 2.75) is 26.2 Å². The van der Waals surface area contributed by atoms with Crippen LogP contribution >= 0.6 is 0 Å². The molecule has 105 valence electrons. The Morgan fingerprint density at radius 1 is 0.900 bits per heavy atom. The van der Waals surface area contributed by atoms with E-state index in [-0.39, 0.29) is 12.0 Å². The normalized spacial score (nSPS) is 10.8. The van der Waals surface area contributed by atoms with Gasteiger partial charge >= 0.3 is 0 Å². The number of halogens is 4. The summed E-state index contributed by atoms with van der Waals surface area (Å²) in [6, 6.07) is 8.24. The molecule has 0 spiro atoms.